The molecule has 0 amide bonds. The molecule has 4 rings (SSSR count). The highest BCUT2D eigenvalue weighted by Crippen LogP contribution is 2.48. The first kappa shape index (κ1) is 26.9. The number of aliphatic imine (C=N–C) groups is 2. The molecule has 3 nitrogen and oxygen atoms in total. The highest BCUT2D eigenvalue weighted by Gasteiger charge is 2.52. The molecule has 0 fully saturated rings. The van der Waals surface area contributed by atoms with Crippen LogP contribution in [0.25, 0.3) is 0 Å². The van der Waals surface area contributed by atoms with E-state index >= 15 is 0 Å². The molecule has 4 atom stereocenters. The molecule has 0 aliphatic carbocycles. The smallest absolute Gasteiger partial charge is 0.184 e. The second kappa shape index (κ2) is 12.0. The zero-order valence-corrected chi connectivity index (χ0v) is 23.8. The van der Waals surface area contributed by atoms with Crippen molar-refractivity contribution in [1.29, 1.82) is 0 Å². The molecule has 4 unspecified atom stereocenters. The summed E-state index contributed by atoms with van der Waals surface area (Å²) in [6.07, 6.45) is 17.1. The molecule has 0 saturated carbocycles. The monoisotopic (exact) mass is 520 g/mol. The fourth-order valence-electron chi connectivity index (χ4n) is 5.85. The number of carbonyl (C=O) groups excluding carboxylic acids is 1. The number of ketones is 1. The molecular weight excluding hydrogens is 480 g/mol. The number of thiophene rings is 2. The summed E-state index contributed by atoms with van der Waals surface area (Å²) in [6.45, 7) is 8.95. The first-order chi connectivity index (χ1) is 17.5. The number of hydrogen-bond donors (Lipinski definition) is 0. The van der Waals surface area contributed by atoms with Crippen LogP contribution in [0.15, 0.2) is 68.3 Å². The van der Waals surface area contributed by atoms with Crippen molar-refractivity contribution in [3.05, 3.63) is 68.1 Å². The predicted octanol–water partition coefficient (Wildman–Crippen LogP) is 8.51. The third kappa shape index (κ3) is 5.02. The zero-order valence-electron chi connectivity index (χ0n) is 22.2. The van der Waals surface area contributed by atoms with Crippen molar-refractivity contribution in [2.45, 2.75) is 102 Å². The number of hydrogen-bond acceptors (Lipinski definition) is 5. The third-order valence-corrected chi connectivity index (χ3v) is 10.4. The van der Waals surface area contributed by atoms with Gasteiger partial charge in [-0.25, -0.2) is 0 Å². The Hall–Kier alpha value is -2.11. The first-order valence-corrected chi connectivity index (χ1v) is 15.3. The molecule has 36 heavy (non-hydrogen) atoms. The van der Waals surface area contributed by atoms with Gasteiger partial charge in [0.15, 0.2) is 5.78 Å². The van der Waals surface area contributed by atoms with Crippen LogP contribution in [-0.2, 0) is 15.6 Å². The van der Waals surface area contributed by atoms with E-state index in [9.17, 15) is 4.79 Å². The van der Waals surface area contributed by atoms with Crippen molar-refractivity contribution in [2.75, 3.05) is 0 Å². The summed E-state index contributed by atoms with van der Waals surface area (Å²) in [5.74, 6) is 0.136. The number of Topliss-reactive ketones (excluding diaryl/α,β-unsaturated/α-hetero) is 1. The van der Waals surface area contributed by atoms with Gasteiger partial charge in [-0.15, -0.1) is 22.7 Å². The molecule has 2 aliphatic heterocycles. The summed E-state index contributed by atoms with van der Waals surface area (Å²) in [7, 11) is 0. The van der Waals surface area contributed by atoms with Gasteiger partial charge in [-0.1, -0.05) is 62.8 Å². The second-order valence-corrected chi connectivity index (χ2v) is 12.4. The van der Waals surface area contributed by atoms with Gasteiger partial charge in [-0.3, -0.25) is 14.8 Å². The molecule has 0 bridgehead atoms. The van der Waals surface area contributed by atoms with Crippen molar-refractivity contribution in [1.82, 2.24) is 0 Å². The number of carbonyl (C=O) groups is 1. The average molecular weight is 521 g/mol. The molecule has 192 valence electrons. The molecule has 0 aromatic carbocycles. The summed E-state index contributed by atoms with van der Waals surface area (Å²) in [4.78, 5) is 26.9. The minimum atomic E-state index is -0.478. The summed E-state index contributed by atoms with van der Waals surface area (Å²) < 4.78 is 0. The Labute approximate surface area is 225 Å². The fraction of sp³-hybridized carbons (Fsp3) is 0.516. The SMILES string of the molecule is CCCCCC1=CC=NC(C(=O)C2N=CC=C(CCCCC)C2(C)c2cccs2)C1(C)c1cccs1. The topological polar surface area (TPSA) is 41.8 Å². The lowest BCUT2D eigenvalue weighted by Crippen LogP contribution is -2.53. The molecule has 0 spiro atoms. The quantitative estimate of drug-likeness (QED) is 0.259. The molecule has 2 aromatic rings. The van der Waals surface area contributed by atoms with Crippen molar-refractivity contribution >= 4 is 40.9 Å². The predicted molar refractivity (Wildman–Crippen MR) is 157 cm³/mol. The zero-order chi connectivity index (χ0) is 25.6. The van der Waals surface area contributed by atoms with Crippen molar-refractivity contribution in [3.8, 4) is 0 Å². The number of nitrogens with zero attached hydrogens (tertiary/aromatic N) is 2. The highest BCUT2D eigenvalue weighted by molar-refractivity contribution is 7.10. The third-order valence-electron chi connectivity index (χ3n) is 8.15. The van der Waals surface area contributed by atoms with Gasteiger partial charge in [-0.2, -0.15) is 0 Å². The van der Waals surface area contributed by atoms with E-state index in [4.69, 9.17) is 9.98 Å². The van der Waals surface area contributed by atoms with Crippen LogP contribution in [0, 0.1) is 0 Å². The lowest BCUT2D eigenvalue weighted by molar-refractivity contribution is -0.123. The molecule has 0 radical (unpaired) electrons. The maximum absolute atomic E-state index is 14.7. The minimum Gasteiger partial charge on any atom is -0.295 e. The van der Waals surface area contributed by atoms with Crippen LogP contribution in [0.2, 0.25) is 0 Å². The van der Waals surface area contributed by atoms with Crippen LogP contribution < -0.4 is 0 Å². The van der Waals surface area contributed by atoms with E-state index in [1.807, 2.05) is 12.4 Å². The summed E-state index contributed by atoms with van der Waals surface area (Å²) in [5, 5.41) is 4.24. The highest BCUT2D eigenvalue weighted by atomic mass is 32.1. The lowest BCUT2D eigenvalue weighted by Gasteiger charge is -2.43. The fourth-order valence-corrected chi connectivity index (χ4v) is 7.75. The Morgan fingerprint density at radius 2 is 1.22 bits per heavy atom. The normalized spacial score (nSPS) is 27.7. The Morgan fingerprint density at radius 1 is 0.778 bits per heavy atom. The molecule has 0 saturated heterocycles. The number of rotatable bonds is 12. The molecule has 5 heteroatoms. The van der Waals surface area contributed by atoms with Gasteiger partial charge in [0.1, 0.15) is 12.1 Å². The maximum atomic E-state index is 14.7. The molecular formula is C31H40N2OS2. The van der Waals surface area contributed by atoms with Gasteiger partial charge in [-0.05, 0) is 74.6 Å². The van der Waals surface area contributed by atoms with E-state index in [0.29, 0.717) is 0 Å². The van der Waals surface area contributed by atoms with E-state index in [1.165, 1.54) is 46.6 Å². The van der Waals surface area contributed by atoms with E-state index in [1.54, 1.807) is 22.7 Å². The lowest BCUT2D eigenvalue weighted by atomic mass is 9.64. The summed E-state index contributed by atoms with van der Waals surface area (Å²) in [6, 6.07) is 7.59. The Kier molecular flexibility index (Phi) is 8.95. The molecule has 4 heterocycles. The standard InChI is InChI=1S/C31H40N2OS2/c1-5-7-9-13-23-17-19-32-28(30(23,3)25-15-11-21-35-25)27(34)29-31(4,26-16-12-22-36-26)24(18-20-33-29)14-10-8-6-2/h11-12,15-22,28-29H,5-10,13-14H2,1-4H3. The van der Waals surface area contributed by atoms with Gasteiger partial charge in [0.05, 0.1) is 10.8 Å². The van der Waals surface area contributed by atoms with Gasteiger partial charge >= 0.3 is 0 Å². The summed E-state index contributed by atoms with van der Waals surface area (Å²) in [5.41, 5.74) is 1.76. The largest absolute Gasteiger partial charge is 0.295 e. The van der Waals surface area contributed by atoms with Crippen LogP contribution in [0.1, 0.15) is 88.8 Å². The van der Waals surface area contributed by atoms with Gasteiger partial charge < -0.3 is 0 Å². The van der Waals surface area contributed by atoms with Crippen LogP contribution in [0.5, 0.6) is 0 Å². The first-order valence-electron chi connectivity index (χ1n) is 13.5. The Morgan fingerprint density at radius 3 is 1.58 bits per heavy atom. The van der Waals surface area contributed by atoms with E-state index in [2.05, 4.69) is 74.9 Å². The van der Waals surface area contributed by atoms with E-state index in [0.717, 1.165) is 25.7 Å². The van der Waals surface area contributed by atoms with Gasteiger partial charge in [0.25, 0.3) is 0 Å². The van der Waals surface area contributed by atoms with Gasteiger partial charge in [0.2, 0.25) is 0 Å². The maximum Gasteiger partial charge on any atom is 0.184 e. The summed E-state index contributed by atoms with van der Waals surface area (Å²) >= 11 is 3.47. The van der Waals surface area contributed by atoms with E-state index in [-0.39, 0.29) is 5.78 Å². The minimum absolute atomic E-state index is 0.136. The molecule has 2 aromatic heterocycles. The van der Waals surface area contributed by atoms with Gasteiger partial charge in [0, 0.05) is 22.2 Å². The van der Waals surface area contributed by atoms with Crippen molar-refractivity contribution in [3.63, 3.8) is 0 Å². The molecule has 2 aliphatic rings. The second-order valence-electron chi connectivity index (χ2n) is 10.5. The van der Waals surface area contributed by atoms with Crippen LogP contribution in [-0.4, -0.2) is 30.3 Å². The van der Waals surface area contributed by atoms with Crippen LogP contribution >= 0.6 is 22.7 Å². The van der Waals surface area contributed by atoms with Crippen molar-refractivity contribution < 1.29 is 4.79 Å². The number of unbranched alkanes of at least 4 members (excludes halogenated alkanes) is 4. The average Bonchev–Trinajstić information content (AvgIpc) is 3.61. The van der Waals surface area contributed by atoms with E-state index < -0.39 is 22.9 Å². The van der Waals surface area contributed by atoms with Crippen LogP contribution in [0.4, 0.5) is 0 Å². The molecule has 0 N–H and O–H groups in total. The van der Waals surface area contributed by atoms with Crippen molar-refractivity contribution in [2.24, 2.45) is 9.98 Å². The number of dihydropyridines is 2. The Bertz CT molecular complexity index is 1040. The number of allylic oxidation sites excluding steroid dienone is 2. The van der Waals surface area contributed by atoms with Crippen LogP contribution in [0.3, 0.4) is 0 Å². The Balaban J connectivity index is 1.73.